The van der Waals surface area contributed by atoms with Crippen molar-refractivity contribution >= 4 is 39.1 Å². The lowest BCUT2D eigenvalue weighted by atomic mass is 10.1. The minimum Gasteiger partial charge on any atom is -0.326 e. The Bertz CT molecular complexity index is 670. The van der Waals surface area contributed by atoms with Crippen LogP contribution >= 0.6 is 39.1 Å². The molecule has 0 heterocycles. The Balaban J connectivity index is 0.000000220. The molecule has 0 bridgehead atoms. The first kappa shape index (κ1) is 18.5. The fraction of sp³-hybridized carbons (Fsp3) is 0.125. The number of benzene rings is 2. The molecule has 22 heavy (non-hydrogen) atoms. The number of nitrogens with zero attached hydrogens (tertiary/aromatic N) is 2. The van der Waals surface area contributed by atoms with Gasteiger partial charge in [0, 0.05) is 11.9 Å². The van der Waals surface area contributed by atoms with Gasteiger partial charge in [0.2, 0.25) is 0 Å². The van der Waals surface area contributed by atoms with Crippen LogP contribution in [0.3, 0.4) is 0 Å². The van der Waals surface area contributed by atoms with E-state index in [1.54, 1.807) is 18.2 Å². The Morgan fingerprint density at radius 2 is 1.36 bits per heavy atom. The smallest absolute Gasteiger partial charge is 0.101 e. The second-order valence-corrected chi connectivity index (χ2v) is 5.44. The van der Waals surface area contributed by atoms with Crippen molar-refractivity contribution in [1.29, 1.82) is 10.5 Å². The molecular formula is C16H12BrCl2N3. The highest BCUT2D eigenvalue weighted by atomic mass is 79.9. The Morgan fingerprint density at radius 1 is 0.909 bits per heavy atom. The molecule has 2 rings (SSSR count). The van der Waals surface area contributed by atoms with Crippen molar-refractivity contribution < 1.29 is 0 Å². The maximum atomic E-state index is 8.59. The molecule has 2 aromatic carbocycles. The number of nitriles is 2. The molecule has 3 nitrogen and oxygen atoms in total. The molecule has 0 amide bonds. The van der Waals surface area contributed by atoms with Gasteiger partial charge in [0.05, 0.1) is 21.2 Å². The topological polar surface area (TPSA) is 73.6 Å². The summed E-state index contributed by atoms with van der Waals surface area (Å²) in [6, 6.07) is 14.7. The Labute approximate surface area is 148 Å². The van der Waals surface area contributed by atoms with Crippen molar-refractivity contribution in [3.05, 3.63) is 68.7 Å². The fourth-order valence-electron chi connectivity index (χ4n) is 1.59. The molecule has 0 atom stereocenters. The highest BCUT2D eigenvalue weighted by Crippen LogP contribution is 2.22. The van der Waals surface area contributed by atoms with Crippen molar-refractivity contribution in [1.82, 2.24) is 0 Å². The zero-order valence-electron chi connectivity index (χ0n) is 11.5. The Hall–Kier alpha value is -1.56. The molecule has 112 valence electrons. The average Bonchev–Trinajstić information content (AvgIpc) is 2.56. The van der Waals surface area contributed by atoms with Gasteiger partial charge in [0.1, 0.15) is 12.1 Å². The Kier molecular flexibility index (Phi) is 7.95. The maximum absolute atomic E-state index is 8.59. The summed E-state index contributed by atoms with van der Waals surface area (Å²) in [6.45, 7) is 0.369. The average molecular weight is 397 g/mol. The number of alkyl halides is 1. The van der Waals surface area contributed by atoms with Gasteiger partial charge in [0.15, 0.2) is 0 Å². The maximum Gasteiger partial charge on any atom is 0.101 e. The second-order valence-electron chi connectivity index (χ2n) is 4.12. The van der Waals surface area contributed by atoms with E-state index in [2.05, 4.69) is 15.9 Å². The van der Waals surface area contributed by atoms with Gasteiger partial charge in [-0.05, 0) is 23.3 Å². The van der Waals surface area contributed by atoms with Crippen LogP contribution in [0.2, 0.25) is 10.0 Å². The van der Waals surface area contributed by atoms with Gasteiger partial charge >= 0.3 is 0 Å². The molecular weight excluding hydrogens is 385 g/mol. The second kappa shape index (κ2) is 9.46. The SMILES string of the molecule is N#Cc1cccc(CBr)c1Cl.N#Cc1cccc(CN)c1Cl. The van der Waals surface area contributed by atoms with Crippen LogP contribution in [0.15, 0.2) is 36.4 Å². The predicted octanol–water partition coefficient (Wildman–Crippen LogP) is 4.78. The summed E-state index contributed by atoms with van der Waals surface area (Å²) in [6.07, 6.45) is 0. The van der Waals surface area contributed by atoms with Gasteiger partial charge in [0.25, 0.3) is 0 Å². The van der Waals surface area contributed by atoms with E-state index in [0.29, 0.717) is 33.0 Å². The predicted molar refractivity (Wildman–Crippen MR) is 92.9 cm³/mol. The molecule has 2 aromatic rings. The van der Waals surface area contributed by atoms with Crippen LogP contribution in [0, 0.1) is 22.7 Å². The van der Waals surface area contributed by atoms with E-state index in [0.717, 1.165) is 11.1 Å². The standard InChI is InChI=1S/C8H5BrClN.C8H7ClN2/c9-4-6-2-1-3-7(5-11)8(6)10;9-8-6(4-10)2-1-3-7(8)5-11/h1-3H,4H2;1-3H,4,10H2. The molecule has 0 unspecified atom stereocenters. The van der Waals surface area contributed by atoms with Gasteiger partial charge in [-0.1, -0.05) is 63.4 Å². The van der Waals surface area contributed by atoms with Gasteiger partial charge in [-0.3, -0.25) is 0 Å². The first-order valence-electron chi connectivity index (χ1n) is 6.20. The van der Waals surface area contributed by atoms with E-state index in [-0.39, 0.29) is 0 Å². The third kappa shape index (κ3) is 4.73. The summed E-state index contributed by atoms with van der Waals surface area (Å²) in [5.41, 5.74) is 8.15. The quantitative estimate of drug-likeness (QED) is 0.742. The van der Waals surface area contributed by atoms with Gasteiger partial charge in [-0.25, -0.2) is 0 Å². The minimum absolute atomic E-state index is 0.369. The lowest BCUT2D eigenvalue weighted by molar-refractivity contribution is 1.07. The lowest BCUT2D eigenvalue weighted by Crippen LogP contribution is -1.97. The summed E-state index contributed by atoms with van der Waals surface area (Å²) in [5.74, 6) is 0. The molecule has 2 N–H and O–H groups in total. The molecule has 0 aromatic heterocycles. The largest absolute Gasteiger partial charge is 0.326 e. The lowest BCUT2D eigenvalue weighted by Gasteiger charge is -2.00. The summed E-state index contributed by atoms with van der Waals surface area (Å²) in [7, 11) is 0. The van der Waals surface area contributed by atoms with E-state index in [9.17, 15) is 0 Å². The van der Waals surface area contributed by atoms with E-state index < -0.39 is 0 Å². The number of hydrogen-bond acceptors (Lipinski definition) is 3. The summed E-state index contributed by atoms with van der Waals surface area (Å²) in [4.78, 5) is 0. The van der Waals surface area contributed by atoms with Crippen LogP contribution in [0.5, 0.6) is 0 Å². The summed E-state index contributed by atoms with van der Waals surface area (Å²) in [5, 5.41) is 18.9. The van der Waals surface area contributed by atoms with Crippen molar-refractivity contribution in [2.45, 2.75) is 11.9 Å². The van der Waals surface area contributed by atoms with Crippen LogP contribution in [0.4, 0.5) is 0 Å². The number of hydrogen-bond donors (Lipinski definition) is 1. The van der Waals surface area contributed by atoms with Crippen molar-refractivity contribution in [3.8, 4) is 12.1 Å². The fourth-order valence-corrected chi connectivity index (χ4v) is 2.70. The molecule has 0 fully saturated rings. The summed E-state index contributed by atoms with van der Waals surface area (Å²) < 4.78 is 0. The van der Waals surface area contributed by atoms with E-state index >= 15 is 0 Å². The molecule has 6 heteroatoms. The molecule has 0 spiro atoms. The Morgan fingerprint density at radius 3 is 1.77 bits per heavy atom. The van der Waals surface area contributed by atoms with Crippen LogP contribution < -0.4 is 5.73 Å². The molecule has 0 aliphatic heterocycles. The van der Waals surface area contributed by atoms with Crippen molar-refractivity contribution in [3.63, 3.8) is 0 Å². The number of nitrogens with two attached hydrogens (primary N) is 1. The molecule has 0 aliphatic rings. The molecule has 0 saturated carbocycles. The van der Waals surface area contributed by atoms with E-state index in [1.807, 2.05) is 30.3 Å². The first-order valence-corrected chi connectivity index (χ1v) is 8.07. The zero-order chi connectivity index (χ0) is 16.5. The van der Waals surface area contributed by atoms with Gasteiger partial charge < -0.3 is 5.73 Å². The van der Waals surface area contributed by atoms with E-state index in [4.69, 9.17) is 39.5 Å². The third-order valence-corrected chi connectivity index (χ3v) is 4.26. The van der Waals surface area contributed by atoms with Gasteiger partial charge in [-0.2, -0.15) is 10.5 Å². The molecule has 0 saturated heterocycles. The molecule has 0 radical (unpaired) electrons. The third-order valence-electron chi connectivity index (χ3n) is 2.76. The number of rotatable bonds is 2. The molecule has 0 aliphatic carbocycles. The van der Waals surface area contributed by atoms with E-state index in [1.165, 1.54) is 0 Å². The number of halogens is 3. The van der Waals surface area contributed by atoms with Crippen molar-refractivity contribution in [2.24, 2.45) is 5.73 Å². The van der Waals surface area contributed by atoms with Crippen molar-refractivity contribution in [2.75, 3.05) is 0 Å². The highest BCUT2D eigenvalue weighted by Gasteiger charge is 2.03. The normalized spacial score (nSPS) is 9.18. The monoisotopic (exact) mass is 395 g/mol. The van der Waals surface area contributed by atoms with Crippen LogP contribution in [0.1, 0.15) is 22.3 Å². The van der Waals surface area contributed by atoms with Gasteiger partial charge in [-0.15, -0.1) is 0 Å². The van der Waals surface area contributed by atoms with Crippen LogP contribution in [-0.2, 0) is 11.9 Å². The summed E-state index contributed by atoms with van der Waals surface area (Å²) >= 11 is 14.9. The van der Waals surface area contributed by atoms with Crippen LogP contribution in [-0.4, -0.2) is 0 Å². The zero-order valence-corrected chi connectivity index (χ0v) is 14.6. The van der Waals surface area contributed by atoms with Crippen LogP contribution in [0.25, 0.3) is 0 Å². The first-order chi connectivity index (χ1) is 10.6. The highest BCUT2D eigenvalue weighted by molar-refractivity contribution is 9.08. The minimum atomic E-state index is 0.369.